The summed E-state index contributed by atoms with van der Waals surface area (Å²) in [6, 6.07) is 7.41. The Kier molecular flexibility index (Phi) is 4.64. The van der Waals surface area contributed by atoms with Crippen LogP contribution in [0.1, 0.15) is 32.6 Å². The predicted molar refractivity (Wildman–Crippen MR) is 84.5 cm³/mol. The summed E-state index contributed by atoms with van der Waals surface area (Å²) in [6.07, 6.45) is 0. The van der Waals surface area contributed by atoms with Crippen molar-refractivity contribution in [3.63, 3.8) is 0 Å². The van der Waals surface area contributed by atoms with Crippen LogP contribution in [0, 0.1) is 30.9 Å². The number of hydrogen-bond donors (Lipinski definition) is 1. The van der Waals surface area contributed by atoms with E-state index in [-0.39, 0.29) is 12.2 Å². The Balaban J connectivity index is 2.18. The fraction of sp³-hybridized carbons (Fsp3) is 0.235. The van der Waals surface area contributed by atoms with Crippen LogP contribution in [-0.4, -0.2) is 16.0 Å². The van der Waals surface area contributed by atoms with Gasteiger partial charge < -0.3 is 9.84 Å². The number of ether oxygens (including phenoxy) is 1. The average Bonchev–Trinajstić information content (AvgIpc) is 2.45. The largest absolute Gasteiger partial charge is 0.502 e. The number of nitro benzene ring substituents is 1. The van der Waals surface area contributed by atoms with Crippen molar-refractivity contribution in [1.29, 1.82) is 0 Å². The molecule has 6 heteroatoms. The van der Waals surface area contributed by atoms with Crippen LogP contribution in [0.2, 0.25) is 0 Å². The summed E-state index contributed by atoms with van der Waals surface area (Å²) in [7, 11) is 0. The van der Waals surface area contributed by atoms with Crippen molar-refractivity contribution in [2.75, 3.05) is 0 Å². The van der Waals surface area contributed by atoms with Crippen molar-refractivity contribution in [3.8, 4) is 5.75 Å². The Morgan fingerprint density at radius 2 is 1.78 bits per heavy atom. The smallest absolute Gasteiger partial charge is 0.338 e. The van der Waals surface area contributed by atoms with Crippen LogP contribution in [0.5, 0.6) is 5.75 Å². The molecule has 1 N–H and O–H groups in total. The Labute approximate surface area is 133 Å². The van der Waals surface area contributed by atoms with Gasteiger partial charge in [-0.3, -0.25) is 10.1 Å². The van der Waals surface area contributed by atoms with E-state index in [2.05, 4.69) is 0 Å². The number of esters is 1. The molecule has 0 aliphatic carbocycles. The first-order valence-corrected chi connectivity index (χ1v) is 7.01. The summed E-state index contributed by atoms with van der Waals surface area (Å²) >= 11 is 0. The van der Waals surface area contributed by atoms with Crippen LogP contribution in [0.25, 0.3) is 0 Å². The molecule has 2 aromatic carbocycles. The average molecular weight is 315 g/mol. The minimum Gasteiger partial charge on any atom is -0.502 e. The van der Waals surface area contributed by atoms with Crippen molar-refractivity contribution < 1.29 is 19.6 Å². The molecule has 0 saturated carbocycles. The van der Waals surface area contributed by atoms with Gasteiger partial charge in [0.05, 0.1) is 10.5 Å². The Morgan fingerprint density at radius 1 is 1.17 bits per heavy atom. The van der Waals surface area contributed by atoms with Gasteiger partial charge in [-0.2, -0.15) is 0 Å². The first-order valence-electron chi connectivity index (χ1n) is 7.01. The zero-order valence-electron chi connectivity index (χ0n) is 13.1. The van der Waals surface area contributed by atoms with Gasteiger partial charge in [0.15, 0.2) is 5.75 Å². The molecule has 23 heavy (non-hydrogen) atoms. The van der Waals surface area contributed by atoms with E-state index in [4.69, 9.17) is 4.74 Å². The van der Waals surface area contributed by atoms with Crippen molar-refractivity contribution in [2.24, 2.45) is 0 Å². The number of aryl methyl sites for hydroxylation is 3. The highest BCUT2D eigenvalue weighted by Gasteiger charge is 2.18. The van der Waals surface area contributed by atoms with Gasteiger partial charge in [0.25, 0.3) is 0 Å². The number of hydrogen-bond acceptors (Lipinski definition) is 5. The normalized spacial score (nSPS) is 10.4. The molecular weight excluding hydrogens is 298 g/mol. The lowest BCUT2D eigenvalue weighted by Gasteiger charge is -2.12. The second-order valence-electron chi connectivity index (χ2n) is 5.41. The van der Waals surface area contributed by atoms with Crippen LogP contribution in [-0.2, 0) is 11.3 Å². The van der Waals surface area contributed by atoms with Crippen LogP contribution >= 0.6 is 0 Å². The highest BCUT2D eigenvalue weighted by Crippen LogP contribution is 2.27. The van der Waals surface area contributed by atoms with Crippen LogP contribution in [0.4, 0.5) is 5.69 Å². The van der Waals surface area contributed by atoms with E-state index in [0.717, 1.165) is 34.4 Å². The van der Waals surface area contributed by atoms with Crippen LogP contribution in [0.15, 0.2) is 30.3 Å². The van der Waals surface area contributed by atoms with E-state index in [1.807, 2.05) is 32.9 Å². The van der Waals surface area contributed by atoms with Gasteiger partial charge in [0.1, 0.15) is 6.61 Å². The number of benzene rings is 2. The minimum atomic E-state index is -0.750. The first-order chi connectivity index (χ1) is 10.8. The van der Waals surface area contributed by atoms with Gasteiger partial charge in [-0.1, -0.05) is 17.7 Å². The van der Waals surface area contributed by atoms with E-state index in [1.165, 1.54) is 6.07 Å². The Hall–Kier alpha value is -2.89. The molecule has 2 aromatic rings. The maximum Gasteiger partial charge on any atom is 0.338 e. The van der Waals surface area contributed by atoms with Gasteiger partial charge in [0, 0.05) is 6.07 Å². The molecule has 0 saturated heterocycles. The van der Waals surface area contributed by atoms with E-state index in [9.17, 15) is 20.0 Å². The molecule has 0 aliphatic rings. The summed E-state index contributed by atoms with van der Waals surface area (Å²) in [5, 5.41) is 20.2. The third kappa shape index (κ3) is 3.66. The van der Waals surface area contributed by atoms with Gasteiger partial charge in [0.2, 0.25) is 0 Å². The highest BCUT2D eigenvalue weighted by atomic mass is 16.6. The quantitative estimate of drug-likeness (QED) is 0.529. The summed E-state index contributed by atoms with van der Waals surface area (Å²) < 4.78 is 5.25. The molecule has 0 heterocycles. The van der Waals surface area contributed by atoms with Gasteiger partial charge >= 0.3 is 11.7 Å². The van der Waals surface area contributed by atoms with Crippen LogP contribution in [0.3, 0.4) is 0 Å². The molecule has 2 rings (SSSR count). The minimum absolute atomic E-state index is 0.0249. The Morgan fingerprint density at radius 3 is 2.35 bits per heavy atom. The highest BCUT2D eigenvalue weighted by molar-refractivity contribution is 5.90. The predicted octanol–water partition coefficient (Wildman–Crippen LogP) is 3.58. The summed E-state index contributed by atoms with van der Waals surface area (Å²) in [4.78, 5) is 22.1. The van der Waals surface area contributed by atoms with E-state index >= 15 is 0 Å². The van der Waals surface area contributed by atoms with Crippen molar-refractivity contribution >= 4 is 11.7 Å². The van der Waals surface area contributed by atoms with E-state index in [0.29, 0.717) is 0 Å². The number of rotatable bonds is 4. The molecule has 6 nitrogen and oxygen atoms in total. The lowest BCUT2D eigenvalue weighted by atomic mass is 10.0. The van der Waals surface area contributed by atoms with Crippen molar-refractivity contribution in [2.45, 2.75) is 27.4 Å². The fourth-order valence-electron chi connectivity index (χ4n) is 2.46. The zero-order chi connectivity index (χ0) is 17.1. The van der Waals surface area contributed by atoms with E-state index in [1.54, 1.807) is 0 Å². The molecular formula is C17H17NO5. The first kappa shape index (κ1) is 16.5. The number of nitrogens with zero attached hydrogens (tertiary/aromatic N) is 1. The molecule has 0 atom stereocenters. The third-order valence-corrected chi connectivity index (χ3v) is 3.60. The van der Waals surface area contributed by atoms with Crippen LogP contribution < -0.4 is 0 Å². The molecule has 0 fully saturated rings. The van der Waals surface area contributed by atoms with Gasteiger partial charge in [-0.05, 0) is 49.6 Å². The summed E-state index contributed by atoms with van der Waals surface area (Å²) in [5.74, 6) is -1.16. The second kappa shape index (κ2) is 6.48. The number of carbonyl (C=O) groups is 1. The summed E-state index contributed by atoms with van der Waals surface area (Å²) in [6.45, 7) is 5.96. The van der Waals surface area contributed by atoms with Crippen molar-refractivity contribution in [1.82, 2.24) is 0 Å². The number of aromatic hydroxyl groups is 1. The number of phenols is 1. The molecule has 0 unspecified atom stereocenters. The summed E-state index contributed by atoms with van der Waals surface area (Å²) in [5.41, 5.74) is 3.58. The van der Waals surface area contributed by atoms with Crippen molar-refractivity contribution in [3.05, 3.63) is 68.3 Å². The van der Waals surface area contributed by atoms with Gasteiger partial charge in [-0.15, -0.1) is 0 Å². The molecule has 0 bridgehead atoms. The second-order valence-corrected chi connectivity index (χ2v) is 5.41. The molecule has 120 valence electrons. The van der Waals surface area contributed by atoms with Gasteiger partial charge in [-0.25, -0.2) is 4.79 Å². The maximum absolute atomic E-state index is 12.1. The topological polar surface area (TPSA) is 89.7 Å². The number of nitro groups is 1. The maximum atomic E-state index is 12.1. The number of carbonyl (C=O) groups excluding carboxylic acids is 1. The standard InChI is InChI=1S/C17H17NO5/c1-10-6-11(2)14(12(3)7-10)9-23-17(20)13-4-5-16(19)15(8-13)18(21)22/h4-8,19H,9H2,1-3H3. The fourth-order valence-corrected chi connectivity index (χ4v) is 2.46. The SMILES string of the molecule is Cc1cc(C)c(COC(=O)c2ccc(O)c([N+](=O)[O-])c2)c(C)c1. The zero-order valence-corrected chi connectivity index (χ0v) is 13.1. The van der Waals surface area contributed by atoms with E-state index < -0.39 is 22.3 Å². The number of phenolic OH excluding ortho intramolecular Hbond substituents is 1. The Bertz CT molecular complexity index is 760. The molecule has 0 radical (unpaired) electrons. The molecule has 0 amide bonds. The molecule has 0 aromatic heterocycles. The molecule has 0 aliphatic heterocycles. The lowest BCUT2D eigenvalue weighted by Crippen LogP contribution is -2.07. The lowest BCUT2D eigenvalue weighted by molar-refractivity contribution is -0.385. The monoisotopic (exact) mass is 315 g/mol. The third-order valence-electron chi connectivity index (χ3n) is 3.60. The molecule has 0 spiro atoms.